The third-order valence-electron chi connectivity index (χ3n) is 11.7. The van der Waals surface area contributed by atoms with Crippen LogP contribution in [-0.4, -0.2) is 0 Å². The van der Waals surface area contributed by atoms with E-state index in [4.69, 9.17) is 0 Å². The van der Waals surface area contributed by atoms with Crippen LogP contribution in [0.1, 0.15) is 141 Å². The lowest BCUT2D eigenvalue weighted by Crippen LogP contribution is -2.29. The third kappa shape index (κ3) is 10.5. The van der Waals surface area contributed by atoms with Crippen molar-refractivity contribution >= 4 is 27.2 Å². The molecule has 1 nitrogen and oxygen atoms in total. The topological polar surface area (TPSA) is 12.0 Å². The second-order valence-corrected chi connectivity index (χ2v) is 15.4. The van der Waals surface area contributed by atoms with Crippen LogP contribution in [0.4, 0.5) is 5.69 Å². The molecule has 7 rings (SSSR count). The molecule has 0 aliphatic heterocycles. The molecule has 55 heavy (non-hydrogen) atoms. The zero-order valence-corrected chi connectivity index (χ0v) is 34.6. The highest BCUT2D eigenvalue weighted by atomic mass is 14.9. The molecular weight excluding hydrogens is 663 g/mol. The van der Waals surface area contributed by atoms with Gasteiger partial charge in [-0.05, 0) is 111 Å². The van der Waals surface area contributed by atoms with Gasteiger partial charge in [0.1, 0.15) is 0 Å². The first kappa shape index (κ1) is 43.4. The van der Waals surface area contributed by atoms with Gasteiger partial charge in [-0.2, -0.15) is 0 Å². The van der Waals surface area contributed by atoms with E-state index in [9.17, 15) is 0 Å². The summed E-state index contributed by atoms with van der Waals surface area (Å²) in [6, 6.07) is 45.3. The number of rotatable bonds is 15. The Bertz CT molecular complexity index is 2020. The Morgan fingerprint density at radius 3 is 1.95 bits per heavy atom. The van der Waals surface area contributed by atoms with Crippen LogP contribution in [0.15, 0.2) is 121 Å². The van der Waals surface area contributed by atoms with E-state index >= 15 is 0 Å². The first-order valence-electron chi connectivity index (χ1n) is 21.4. The molecule has 0 spiro atoms. The normalized spacial score (nSPS) is 14.5. The van der Waals surface area contributed by atoms with Gasteiger partial charge in [0.2, 0.25) is 0 Å². The first-order chi connectivity index (χ1) is 26.5. The van der Waals surface area contributed by atoms with E-state index in [0.29, 0.717) is 0 Å². The average Bonchev–Trinajstić information content (AvgIpc) is 3.49. The molecule has 0 radical (unpaired) electrons. The summed E-state index contributed by atoms with van der Waals surface area (Å²) in [6.07, 6.45) is 14.0. The lowest BCUT2D eigenvalue weighted by Gasteiger charge is -2.37. The number of hydrogen-bond acceptors (Lipinski definition) is 1. The van der Waals surface area contributed by atoms with E-state index in [1.165, 1.54) is 119 Å². The molecule has 1 heteroatoms. The molecule has 0 saturated carbocycles. The SMILES string of the molecule is C.CC.CCCCCCC1(CC(CC)CCCC)c2cc3cc(NCc4ccccc4)ccc3cc2-c2ccc3cc(C)ccc3c21.CCc1ccccc1. The van der Waals surface area contributed by atoms with Gasteiger partial charge in [-0.1, -0.05) is 203 Å². The summed E-state index contributed by atoms with van der Waals surface area (Å²) in [7, 11) is 0. The van der Waals surface area contributed by atoms with E-state index in [2.05, 4.69) is 155 Å². The van der Waals surface area contributed by atoms with Gasteiger partial charge in [0.05, 0.1) is 0 Å². The van der Waals surface area contributed by atoms with Gasteiger partial charge in [0, 0.05) is 17.6 Å². The first-order valence-corrected chi connectivity index (χ1v) is 21.4. The third-order valence-corrected chi connectivity index (χ3v) is 11.7. The van der Waals surface area contributed by atoms with E-state index in [0.717, 1.165) is 18.9 Å². The molecule has 0 bridgehead atoms. The Labute approximate surface area is 336 Å². The predicted molar refractivity (Wildman–Crippen MR) is 247 cm³/mol. The maximum absolute atomic E-state index is 3.70. The summed E-state index contributed by atoms with van der Waals surface area (Å²) in [4.78, 5) is 0. The van der Waals surface area contributed by atoms with Gasteiger partial charge in [0.15, 0.2) is 0 Å². The molecule has 292 valence electrons. The maximum atomic E-state index is 3.70. The summed E-state index contributed by atoms with van der Waals surface area (Å²) >= 11 is 0. The van der Waals surface area contributed by atoms with Crippen LogP contribution in [0, 0.1) is 12.8 Å². The minimum atomic E-state index is 0. The Kier molecular flexibility index (Phi) is 17.1. The van der Waals surface area contributed by atoms with E-state index in [1.54, 1.807) is 11.1 Å². The standard InChI is InChI=1S/C43H51N.C8H10.C2H6.CH4/c1-5-8-10-14-24-43(29-32(7-3)15-9-6-2)41-28-36-26-37(44-30-33-16-12-11-13-17-33)21-19-34(36)27-40(41)39-23-20-35-25-31(4)18-22-38(35)42(39)43;1-2-8-6-4-3-5-7-8;1-2;/h11-13,16-23,25-28,32,44H,5-10,14-15,24,29-30H2,1-4H3;3-7H,2H2,1H3;1-2H3;1H4. The lowest BCUT2D eigenvalue weighted by atomic mass is 9.66. The number of nitrogens with one attached hydrogen (secondary N) is 1. The van der Waals surface area contributed by atoms with E-state index < -0.39 is 0 Å². The molecule has 2 unspecified atom stereocenters. The minimum absolute atomic E-state index is 0. The molecule has 1 aliphatic carbocycles. The van der Waals surface area contributed by atoms with Crippen LogP contribution in [0.3, 0.4) is 0 Å². The number of benzene rings is 6. The summed E-state index contributed by atoms with van der Waals surface area (Å²) in [6.45, 7) is 16.3. The fraction of sp³-hybridized carbons (Fsp3) is 0.407. The molecule has 1 N–H and O–H groups in total. The lowest BCUT2D eigenvalue weighted by molar-refractivity contribution is 0.312. The molecular formula is C54H71N. The molecule has 2 atom stereocenters. The molecule has 1 aliphatic rings. The molecule has 0 aromatic heterocycles. The number of unbranched alkanes of at least 4 members (excludes halogenated alkanes) is 4. The number of aryl methyl sites for hydroxylation is 2. The van der Waals surface area contributed by atoms with Crippen LogP contribution in [0.5, 0.6) is 0 Å². The van der Waals surface area contributed by atoms with Crippen molar-refractivity contribution in [3.8, 4) is 11.1 Å². The molecule has 0 heterocycles. The summed E-state index contributed by atoms with van der Waals surface area (Å²) < 4.78 is 0. The largest absolute Gasteiger partial charge is 0.381 e. The van der Waals surface area contributed by atoms with Crippen molar-refractivity contribution in [3.05, 3.63) is 149 Å². The molecule has 6 aromatic rings. The fourth-order valence-electron chi connectivity index (χ4n) is 8.73. The van der Waals surface area contributed by atoms with Gasteiger partial charge in [0.25, 0.3) is 0 Å². The molecule has 0 saturated heterocycles. The van der Waals surface area contributed by atoms with Crippen molar-refractivity contribution in [1.29, 1.82) is 0 Å². The van der Waals surface area contributed by atoms with Crippen LogP contribution < -0.4 is 5.32 Å². The van der Waals surface area contributed by atoms with Crippen LogP contribution >= 0.6 is 0 Å². The smallest absolute Gasteiger partial charge is 0.0400 e. The van der Waals surface area contributed by atoms with Crippen molar-refractivity contribution in [2.45, 2.75) is 138 Å². The Morgan fingerprint density at radius 1 is 0.600 bits per heavy atom. The van der Waals surface area contributed by atoms with Gasteiger partial charge in [-0.25, -0.2) is 0 Å². The second kappa shape index (κ2) is 21.7. The summed E-state index contributed by atoms with van der Waals surface area (Å²) in [5, 5.41) is 9.26. The zero-order valence-electron chi connectivity index (χ0n) is 34.6. The van der Waals surface area contributed by atoms with Crippen molar-refractivity contribution in [1.82, 2.24) is 0 Å². The summed E-state index contributed by atoms with van der Waals surface area (Å²) in [5.41, 5.74) is 11.5. The highest BCUT2D eigenvalue weighted by Crippen LogP contribution is 2.58. The Hall–Kier alpha value is -4.36. The van der Waals surface area contributed by atoms with Crippen LogP contribution in [0.25, 0.3) is 32.7 Å². The number of hydrogen-bond donors (Lipinski definition) is 1. The van der Waals surface area contributed by atoms with Gasteiger partial charge >= 0.3 is 0 Å². The minimum Gasteiger partial charge on any atom is -0.381 e. The predicted octanol–water partition coefficient (Wildman–Crippen LogP) is 16.7. The van der Waals surface area contributed by atoms with Crippen LogP contribution in [-0.2, 0) is 18.4 Å². The Morgan fingerprint density at radius 2 is 1.29 bits per heavy atom. The van der Waals surface area contributed by atoms with Gasteiger partial charge in [-0.15, -0.1) is 0 Å². The highest BCUT2D eigenvalue weighted by molar-refractivity contribution is 6.01. The highest BCUT2D eigenvalue weighted by Gasteiger charge is 2.45. The van der Waals surface area contributed by atoms with Crippen molar-refractivity contribution in [2.24, 2.45) is 5.92 Å². The van der Waals surface area contributed by atoms with Gasteiger partial charge in [-0.3, -0.25) is 0 Å². The second-order valence-electron chi connectivity index (χ2n) is 15.4. The molecule has 0 amide bonds. The quantitative estimate of drug-likeness (QED) is 0.104. The number of fused-ring (bicyclic) bond motifs is 6. The van der Waals surface area contributed by atoms with Crippen molar-refractivity contribution in [3.63, 3.8) is 0 Å². The van der Waals surface area contributed by atoms with Crippen molar-refractivity contribution in [2.75, 3.05) is 5.32 Å². The van der Waals surface area contributed by atoms with E-state index in [-0.39, 0.29) is 12.8 Å². The summed E-state index contributed by atoms with van der Waals surface area (Å²) in [5.74, 6) is 0.732. The van der Waals surface area contributed by atoms with Crippen molar-refractivity contribution < 1.29 is 0 Å². The maximum Gasteiger partial charge on any atom is 0.0400 e. The molecule has 6 aromatic carbocycles. The fourth-order valence-corrected chi connectivity index (χ4v) is 8.73. The monoisotopic (exact) mass is 734 g/mol. The Balaban J connectivity index is 0.000000539. The van der Waals surface area contributed by atoms with Gasteiger partial charge < -0.3 is 5.32 Å². The zero-order chi connectivity index (χ0) is 38.3. The van der Waals surface area contributed by atoms with E-state index in [1.807, 2.05) is 19.9 Å². The average molecular weight is 734 g/mol. The van der Waals surface area contributed by atoms with Crippen LogP contribution in [0.2, 0.25) is 0 Å². The molecule has 0 fully saturated rings. The number of anilines is 1.